The van der Waals surface area contributed by atoms with Gasteiger partial charge >= 0.3 is 0 Å². The van der Waals surface area contributed by atoms with E-state index in [2.05, 4.69) is 0 Å². The fourth-order valence-corrected chi connectivity index (χ4v) is 2.29. The zero-order chi connectivity index (χ0) is 10.8. The number of sulfonamides is 1. The molecular weight excluding hydrogens is 236 g/mol. The van der Waals surface area contributed by atoms with Crippen LogP contribution in [-0.2, 0) is 10.0 Å². The van der Waals surface area contributed by atoms with Gasteiger partial charge in [0.15, 0.2) is 0 Å². The lowest BCUT2D eigenvalue weighted by atomic mass is 10.4. The Kier molecular flexibility index (Phi) is 5.23. The third-order valence-corrected chi connectivity index (χ3v) is 3.67. The molecule has 0 fully saturated rings. The standard InChI is InChI=1S/C9H14N2O2S.ClH/c1-8(2)11(10)14(12,13)9-6-4-3-5-7-9;/h3-8H,10H2,1-2H3;1H. The molecule has 0 aliphatic carbocycles. The van der Waals surface area contributed by atoms with Gasteiger partial charge in [0.2, 0.25) is 0 Å². The molecule has 15 heavy (non-hydrogen) atoms. The van der Waals surface area contributed by atoms with Gasteiger partial charge in [0.05, 0.1) is 4.90 Å². The average molecular weight is 251 g/mol. The Morgan fingerprint density at radius 1 is 1.20 bits per heavy atom. The summed E-state index contributed by atoms with van der Waals surface area (Å²) in [5, 5.41) is 0. The number of rotatable bonds is 3. The number of nitrogens with zero attached hydrogens (tertiary/aromatic N) is 1. The summed E-state index contributed by atoms with van der Waals surface area (Å²) in [5.74, 6) is 5.47. The Balaban J connectivity index is 0.00000196. The van der Waals surface area contributed by atoms with Crippen LogP contribution in [0, 0.1) is 0 Å². The van der Waals surface area contributed by atoms with Crippen LogP contribution in [0.25, 0.3) is 0 Å². The predicted octanol–water partition coefficient (Wildman–Crippen LogP) is 1.38. The summed E-state index contributed by atoms with van der Waals surface area (Å²) in [6.45, 7) is 3.45. The van der Waals surface area contributed by atoms with Gasteiger partial charge in [0.25, 0.3) is 10.0 Å². The van der Waals surface area contributed by atoms with Gasteiger partial charge < -0.3 is 0 Å². The van der Waals surface area contributed by atoms with E-state index >= 15 is 0 Å². The highest BCUT2D eigenvalue weighted by Gasteiger charge is 2.23. The quantitative estimate of drug-likeness (QED) is 0.651. The molecule has 2 N–H and O–H groups in total. The van der Waals surface area contributed by atoms with Gasteiger partial charge in [0, 0.05) is 6.04 Å². The van der Waals surface area contributed by atoms with Crippen molar-refractivity contribution in [3.8, 4) is 0 Å². The summed E-state index contributed by atoms with van der Waals surface area (Å²) in [5.41, 5.74) is 0. The van der Waals surface area contributed by atoms with Gasteiger partial charge in [-0.05, 0) is 26.0 Å². The first kappa shape index (κ1) is 14.4. The first-order valence-corrected chi connectivity index (χ1v) is 5.74. The van der Waals surface area contributed by atoms with Crippen molar-refractivity contribution in [2.45, 2.75) is 24.8 Å². The van der Waals surface area contributed by atoms with Crippen LogP contribution in [0.5, 0.6) is 0 Å². The van der Waals surface area contributed by atoms with Crippen LogP contribution in [-0.4, -0.2) is 18.9 Å². The molecule has 0 bridgehead atoms. The van der Waals surface area contributed by atoms with Crippen LogP contribution in [0.1, 0.15) is 13.8 Å². The highest BCUT2D eigenvalue weighted by atomic mass is 35.5. The molecule has 1 rings (SSSR count). The molecule has 0 aliphatic heterocycles. The Hall–Kier alpha value is -0.620. The maximum absolute atomic E-state index is 11.8. The highest BCUT2D eigenvalue weighted by molar-refractivity contribution is 7.89. The fraction of sp³-hybridized carbons (Fsp3) is 0.333. The zero-order valence-corrected chi connectivity index (χ0v) is 10.3. The predicted molar refractivity (Wildman–Crippen MR) is 62.0 cm³/mol. The van der Waals surface area contributed by atoms with E-state index < -0.39 is 10.0 Å². The number of nitrogens with two attached hydrogens (primary N) is 1. The van der Waals surface area contributed by atoms with E-state index in [4.69, 9.17) is 5.84 Å². The molecule has 1 aromatic carbocycles. The molecule has 1 aromatic rings. The van der Waals surface area contributed by atoms with Gasteiger partial charge in [-0.15, -0.1) is 16.8 Å². The summed E-state index contributed by atoms with van der Waals surface area (Å²) in [7, 11) is -3.53. The number of hydrogen-bond acceptors (Lipinski definition) is 3. The SMILES string of the molecule is CC(C)N(N)S(=O)(=O)c1ccccc1.Cl. The number of halogens is 1. The summed E-state index contributed by atoms with van der Waals surface area (Å²) in [4.78, 5) is 0.219. The van der Waals surface area contributed by atoms with E-state index in [1.165, 1.54) is 12.1 Å². The number of hydrogen-bond donors (Lipinski definition) is 1. The molecule has 0 atom stereocenters. The molecule has 6 heteroatoms. The average Bonchev–Trinajstić information content (AvgIpc) is 2.18. The van der Waals surface area contributed by atoms with Crippen LogP contribution in [0.4, 0.5) is 0 Å². The smallest absolute Gasteiger partial charge is 0.254 e. The van der Waals surface area contributed by atoms with Crippen molar-refractivity contribution in [1.29, 1.82) is 0 Å². The molecule has 0 saturated carbocycles. The second-order valence-corrected chi connectivity index (χ2v) is 5.08. The Bertz CT molecular complexity index is 392. The van der Waals surface area contributed by atoms with Crippen LogP contribution in [0.3, 0.4) is 0 Å². The van der Waals surface area contributed by atoms with Gasteiger partial charge in [-0.25, -0.2) is 8.42 Å². The molecule has 0 aliphatic rings. The maximum Gasteiger partial charge on any atom is 0.255 e. The lowest BCUT2D eigenvalue weighted by Gasteiger charge is -2.20. The van der Waals surface area contributed by atoms with Crippen molar-refractivity contribution in [2.24, 2.45) is 5.84 Å². The minimum Gasteiger partial charge on any atom is -0.254 e. The molecule has 0 saturated heterocycles. The Morgan fingerprint density at radius 3 is 2.07 bits per heavy atom. The first-order chi connectivity index (χ1) is 6.46. The van der Waals surface area contributed by atoms with Crippen LogP contribution >= 0.6 is 12.4 Å². The highest BCUT2D eigenvalue weighted by Crippen LogP contribution is 2.13. The molecule has 86 valence electrons. The second-order valence-electron chi connectivity index (χ2n) is 3.24. The van der Waals surface area contributed by atoms with Crippen molar-refractivity contribution >= 4 is 22.4 Å². The first-order valence-electron chi connectivity index (χ1n) is 4.30. The van der Waals surface area contributed by atoms with E-state index in [-0.39, 0.29) is 23.3 Å². The fourth-order valence-electron chi connectivity index (χ4n) is 0.992. The van der Waals surface area contributed by atoms with E-state index in [0.29, 0.717) is 0 Å². The van der Waals surface area contributed by atoms with E-state index in [1.54, 1.807) is 32.0 Å². The molecule has 0 radical (unpaired) electrons. The van der Waals surface area contributed by atoms with E-state index in [0.717, 1.165) is 4.41 Å². The van der Waals surface area contributed by atoms with Gasteiger partial charge in [-0.1, -0.05) is 18.2 Å². The minimum absolute atomic E-state index is 0. The molecule has 0 amide bonds. The van der Waals surface area contributed by atoms with Crippen molar-refractivity contribution in [3.05, 3.63) is 30.3 Å². The molecule has 0 unspecified atom stereocenters. The zero-order valence-electron chi connectivity index (χ0n) is 8.62. The van der Waals surface area contributed by atoms with Crippen molar-refractivity contribution in [1.82, 2.24) is 4.41 Å². The largest absolute Gasteiger partial charge is 0.255 e. The monoisotopic (exact) mass is 250 g/mol. The van der Waals surface area contributed by atoms with E-state index in [1.807, 2.05) is 0 Å². The summed E-state index contributed by atoms with van der Waals surface area (Å²) in [6.07, 6.45) is 0. The summed E-state index contributed by atoms with van der Waals surface area (Å²) >= 11 is 0. The maximum atomic E-state index is 11.8. The summed E-state index contributed by atoms with van der Waals surface area (Å²) < 4.78 is 24.4. The van der Waals surface area contributed by atoms with Crippen molar-refractivity contribution < 1.29 is 8.42 Å². The lowest BCUT2D eigenvalue weighted by Crippen LogP contribution is -2.42. The van der Waals surface area contributed by atoms with Crippen molar-refractivity contribution in [3.63, 3.8) is 0 Å². The molecule has 0 spiro atoms. The van der Waals surface area contributed by atoms with Gasteiger partial charge in [0.1, 0.15) is 0 Å². The molecule has 0 heterocycles. The van der Waals surface area contributed by atoms with E-state index in [9.17, 15) is 8.42 Å². The van der Waals surface area contributed by atoms with Crippen LogP contribution in [0.2, 0.25) is 0 Å². The third-order valence-electron chi connectivity index (χ3n) is 1.83. The van der Waals surface area contributed by atoms with Crippen LogP contribution in [0.15, 0.2) is 35.2 Å². The Labute approximate surface area is 96.5 Å². The lowest BCUT2D eigenvalue weighted by molar-refractivity contribution is 0.366. The minimum atomic E-state index is -3.53. The normalized spacial score (nSPS) is 11.5. The second kappa shape index (κ2) is 5.46. The van der Waals surface area contributed by atoms with Gasteiger partial charge in [-0.2, -0.15) is 0 Å². The molecular formula is C9H15ClN2O2S. The number of benzene rings is 1. The molecule has 0 aromatic heterocycles. The van der Waals surface area contributed by atoms with Crippen LogP contribution < -0.4 is 5.84 Å². The summed E-state index contributed by atoms with van der Waals surface area (Å²) in [6, 6.07) is 7.90. The van der Waals surface area contributed by atoms with Gasteiger partial charge in [-0.3, -0.25) is 5.84 Å². The third kappa shape index (κ3) is 3.17. The Morgan fingerprint density at radius 2 is 1.67 bits per heavy atom. The molecule has 4 nitrogen and oxygen atoms in total. The number of hydrazine groups is 1. The van der Waals surface area contributed by atoms with Crippen molar-refractivity contribution in [2.75, 3.05) is 0 Å². The topological polar surface area (TPSA) is 63.4 Å².